The third-order valence-corrected chi connectivity index (χ3v) is 3.99. The fourth-order valence-corrected chi connectivity index (χ4v) is 2.50. The van der Waals surface area contributed by atoms with E-state index >= 15 is 0 Å². The van der Waals surface area contributed by atoms with Crippen molar-refractivity contribution < 1.29 is 14.7 Å². The van der Waals surface area contributed by atoms with Gasteiger partial charge in [0.25, 0.3) is 5.91 Å². The molecule has 0 aliphatic carbocycles. The maximum Gasteiger partial charge on any atom is 0.326 e. The first kappa shape index (κ1) is 14.7. The van der Waals surface area contributed by atoms with E-state index in [1.807, 2.05) is 20.8 Å². The van der Waals surface area contributed by atoms with Crippen LogP contribution in [0.15, 0.2) is 5.38 Å². The molecule has 1 unspecified atom stereocenters. The molecular formula is C13H19NO3S. The normalized spacial score (nSPS) is 12.2. The molecule has 0 fully saturated rings. The monoisotopic (exact) mass is 269 g/mol. The molecule has 0 bridgehead atoms. The predicted octanol–water partition coefficient (Wildman–Crippen LogP) is 2.74. The molecule has 4 nitrogen and oxygen atoms in total. The molecule has 0 aliphatic heterocycles. The number of hydrogen-bond acceptors (Lipinski definition) is 3. The average Bonchev–Trinajstić information content (AvgIpc) is 2.65. The molecule has 5 heteroatoms. The van der Waals surface area contributed by atoms with Crippen LogP contribution >= 0.6 is 11.3 Å². The van der Waals surface area contributed by atoms with Crippen LogP contribution in [0.4, 0.5) is 0 Å². The second-order valence-corrected chi connectivity index (χ2v) is 5.42. The molecule has 100 valence electrons. The van der Waals surface area contributed by atoms with Crippen LogP contribution in [0.1, 0.15) is 47.0 Å². The Morgan fingerprint density at radius 2 is 2.11 bits per heavy atom. The first-order valence-electron chi connectivity index (χ1n) is 6.05. The van der Waals surface area contributed by atoms with Crippen molar-refractivity contribution in [3.8, 4) is 0 Å². The van der Waals surface area contributed by atoms with Gasteiger partial charge < -0.3 is 10.4 Å². The van der Waals surface area contributed by atoms with Gasteiger partial charge in [-0.1, -0.05) is 19.8 Å². The van der Waals surface area contributed by atoms with E-state index < -0.39 is 12.0 Å². The van der Waals surface area contributed by atoms with Gasteiger partial charge in [0.2, 0.25) is 0 Å². The largest absolute Gasteiger partial charge is 0.480 e. The van der Waals surface area contributed by atoms with Gasteiger partial charge >= 0.3 is 5.97 Å². The van der Waals surface area contributed by atoms with E-state index in [0.29, 0.717) is 12.0 Å². The molecule has 0 aliphatic rings. The van der Waals surface area contributed by atoms with Crippen LogP contribution in [0.25, 0.3) is 0 Å². The zero-order valence-electron chi connectivity index (χ0n) is 10.9. The molecule has 0 aromatic carbocycles. The lowest BCUT2D eigenvalue weighted by Gasteiger charge is -2.13. The fourth-order valence-electron chi connectivity index (χ4n) is 1.64. The number of carbonyl (C=O) groups is 2. The van der Waals surface area contributed by atoms with Crippen LogP contribution in [0, 0.1) is 13.8 Å². The third kappa shape index (κ3) is 3.57. The molecule has 0 saturated carbocycles. The van der Waals surface area contributed by atoms with Gasteiger partial charge in [-0.3, -0.25) is 4.79 Å². The summed E-state index contributed by atoms with van der Waals surface area (Å²) in [6.45, 7) is 5.82. The van der Waals surface area contributed by atoms with E-state index in [4.69, 9.17) is 5.11 Å². The van der Waals surface area contributed by atoms with Gasteiger partial charge in [0, 0.05) is 10.3 Å². The minimum absolute atomic E-state index is 0.291. The summed E-state index contributed by atoms with van der Waals surface area (Å²) < 4.78 is 0. The van der Waals surface area contributed by atoms with Crippen molar-refractivity contribution in [2.45, 2.75) is 46.1 Å². The molecule has 1 heterocycles. The molecule has 0 saturated heterocycles. The maximum atomic E-state index is 12.0. The van der Waals surface area contributed by atoms with Crippen LogP contribution in [-0.2, 0) is 4.79 Å². The van der Waals surface area contributed by atoms with Gasteiger partial charge in [-0.2, -0.15) is 0 Å². The van der Waals surface area contributed by atoms with E-state index in [1.165, 1.54) is 11.3 Å². The van der Waals surface area contributed by atoms with Crippen molar-refractivity contribution in [3.63, 3.8) is 0 Å². The average molecular weight is 269 g/mol. The molecule has 0 radical (unpaired) electrons. The van der Waals surface area contributed by atoms with E-state index in [2.05, 4.69) is 5.32 Å². The summed E-state index contributed by atoms with van der Waals surface area (Å²) in [5.74, 6) is -1.26. The number of amides is 1. The minimum Gasteiger partial charge on any atom is -0.480 e. The zero-order valence-corrected chi connectivity index (χ0v) is 11.8. The Hall–Kier alpha value is -1.36. The summed E-state index contributed by atoms with van der Waals surface area (Å²) in [6.07, 6.45) is 2.18. The van der Waals surface area contributed by atoms with Gasteiger partial charge in [0.15, 0.2) is 0 Å². The molecule has 2 N–H and O–H groups in total. The molecule has 1 amide bonds. The smallest absolute Gasteiger partial charge is 0.326 e. The third-order valence-electron chi connectivity index (χ3n) is 2.98. The summed E-state index contributed by atoms with van der Waals surface area (Å²) in [6, 6.07) is -0.794. The number of carboxylic acid groups (broad SMARTS) is 1. The Bertz CT molecular complexity index is 439. The molecular weight excluding hydrogens is 250 g/mol. The summed E-state index contributed by atoms with van der Waals surface area (Å²) in [4.78, 5) is 24.1. The first-order valence-corrected chi connectivity index (χ1v) is 6.93. The highest BCUT2D eigenvalue weighted by Gasteiger charge is 2.21. The molecule has 1 atom stereocenters. The number of thiophene rings is 1. The lowest BCUT2D eigenvalue weighted by atomic mass is 10.1. The van der Waals surface area contributed by atoms with Crippen LogP contribution in [0.3, 0.4) is 0 Å². The Morgan fingerprint density at radius 3 is 2.56 bits per heavy atom. The number of carbonyl (C=O) groups excluding carboxylic acids is 1. The van der Waals surface area contributed by atoms with Crippen molar-refractivity contribution >= 4 is 23.2 Å². The number of aryl methyl sites for hydroxylation is 1. The Morgan fingerprint density at radius 1 is 1.44 bits per heavy atom. The maximum absolute atomic E-state index is 12.0. The van der Waals surface area contributed by atoms with E-state index in [1.54, 1.807) is 5.38 Å². The number of unbranched alkanes of at least 4 members (excludes halogenated alkanes) is 1. The van der Waals surface area contributed by atoms with Crippen LogP contribution in [0.5, 0.6) is 0 Å². The summed E-state index contributed by atoms with van der Waals surface area (Å²) in [5.41, 5.74) is 1.51. The van der Waals surface area contributed by atoms with E-state index in [-0.39, 0.29) is 5.91 Å². The lowest BCUT2D eigenvalue weighted by molar-refractivity contribution is -0.139. The van der Waals surface area contributed by atoms with Crippen molar-refractivity contribution in [3.05, 3.63) is 21.4 Å². The zero-order chi connectivity index (χ0) is 13.7. The Balaban J connectivity index is 2.72. The predicted molar refractivity (Wildman–Crippen MR) is 72.2 cm³/mol. The first-order chi connectivity index (χ1) is 8.47. The highest BCUT2D eigenvalue weighted by molar-refractivity contribution is 7.10. The van der Waals surface area contributed by atoms with E-state index in [0.717, 1.165) is 23.3 Å². The number of carboxylic acids is 1. The van der Waals surface area contributed by atoms with Crippen LogP contribution < -0.4 is 5.32 Å². The van der Waals surface area contributed by atoms with Gasteiger partial charge in [-0.15, -0.1) is 11.3 Å². The molecule has 1 aromatic rings. The second kappa shape index (κ2) is 6.54. The van der Waals surface area contributed by atoms with Gasteiger partial charge in [0.05, 0.1) is 5.56 Å². The van der Waals surface area contributed by atoms with Gasteiger partial charge in [-0.05, 0) is 25.8 Å². The van der Waals surface area contributed by atoms with Gasteiger partial charge in [-0.25, -0.2) is 4.79 Å². The molecule has 1 aromatic heterocycles. The van der Waals surface area contributed by atoms with E-state index in [9.17, 15) is 9.59 Å². The molecule has 0 spiro atoms. The SMILES string of the molecule is CCCCC(NC(=O)c1csc(C)c1C)C(=O)O. The highest BCUT2D eigenvalue weighted by atomic mass is 32.1. The van der Waals surface area contributed by atoms with Crippen molar-refractivity contribution in [2.75, 3.05) is 0 Å². The summed E-state index contributed by atoms with van der Waals surface area (Å²) in [5, 5.41) is 13.4. The lowest BCUT2D eigenvalue weighted by Crippen LogP contribution is -2.40. The standard InChI is InChI=1S/C13H19NO3S/c1-4-5-6-11(13(16)17)14-12(15)10-7-18-9(3)8(10)2/h7,11H,4-6H2,1-3H3,(H,14,15)(H,16,17). The molecule has 1 rings (SSSR count). The van der Waals surface area contributed by atoms with Crippen LogP contribution in [0.2, 0.25) is 0 Å². The molecule has 18 heavy (non-hydrogen) atoms. The Labute approximate surface area is 111 Å². The van der Waals surface area contributed by atoms with Crippen molar-refractivity contribution in [2.24, 2.45) is 0 Å². The van der Waals surface area contributed by atoms with Crippen molar-refractivity contribution in [1.82, 2.24) is 5.32 Å². The quantitative estimate of drug-likeness (QED) is 0.834. The van der Waals surface area contributed by atoms with Gasteiger partial charge in [0.1, 0.15) is 6.04 Å². The summed E-state index contributed by atoms with van der Waals surface area (Å²) in [7, 11) is 0. The number of nitrogens with one attached hydrogen (secondary N) is 1. The summed E-state index contributed by atoms with van der Waals surface area (Å²) >= 11 is 1.50. The van der Waals surface area contributed by atoms with Crippen molar-refractivity contribution in [1.29, 1.82) is 0 Å². The number of hydrogen-bond donors (Lipinski definition) is 2. The number of aliphatic carboxylic acids is 1. The number of rotatable bonds is 6. The van der Waals surface area contributed by atoms with Crippen LogP contribution in [-0.4, -0.2) is 23.0 Å². The minimum atomic E-state index is -0.971. The Kier molecular flexibility index (Phi) is 5.34. The topological polar surface area (TPSA) is 66.4 Å². The highest BCUT2D eigenvalue weighted by Crippen LogP contribution is 2.20. The fraction of sp³-hybridized carbons (Fsp3) is 0.538. The second-order valence-electron chi connectivity index (χ2n) is 4.34.